The summed E-state index contributed by atoms with van der Waals surface area (Å²) in [7, 11) is 1.58. The highest BCUT2D eigenvalue weighted by Crippen LogP contribution is 2.19. The van der Waals surface area contributed by atoms with E-state index in [0.717, 1.165) is 5.69 Å². The molecule has 1 aromatic heterocycles. The van der Waals surface area contributed by atoms with Crippen molar-refractivity contribution in [1.82, 2.24) is 14.8 Å². The number of hydrogen-bond donors (Lipinski definition) is 0. The molecular weight excluding hydrogens is 406 g/mol. The first-order valence-electron chi connectivity index (χ1n) is 10.3. The first-order chi connectivity index (χ1) is 14.8. The molecule has 0 aliphatic carbocycles. The minimum atomic E-state index is -1.12. The second-order valence-electron chi connectivity index (χ2n) is 7.14. The summed E-state index contributed by atoms with van der Waals surface area (Å²) in [5.74, 6) is -1.61. The van der Waals surface area contributed by atoms with Crippen LogP contribution in [0, 0.1) is 0 Å². The Labute approximate surface area is 181 Å². The molecule has 2 amide bonds. The largest absolute Gasteiger partial charge is 0.456 e. The monoisotopic (exact) mass is 435 g/mol. The van der Waals surface area contributed by atoms with Gasteiger partial charge >= 0.3 is 18.0 Å². The molecule has 0 aromatic carbocycles. The van der Waals surface area contributed by atoms with E-state index in [-0.39, 0.29) is 6.42 Å². The number of hydrogen-bond acceptors (Lipinski definition) is 8. The van der Waals surface area contributed by atoms with E-state index in [2.05, 4.69) is 4.98 Å². The fraction of sp³-hybridized carbons (Fsp3) is 0.571. The molecule has 2 atom stereocenters. The Hall–Kier alpha value is -3.17. The van der Waals surface area contributed by atoms with Crippen molar-refractivity contribution in [2.45, 2.75) is 51.9 Å². The Balaban J connectivity index is 1.78. The van der Waals surface area contributed by atoms with Crippen LogP contribution in [-0.4, -0.2) is 77.8 Å². The summed E-state index contributed by atoms with van der Waals surface area (Å²) in [6, 6.07) is 4.75. The predicted octanol–water partition coefficient (Wildman–Crippen LogP) is 1.53. The van der Waals surface area contributed by atoms with Gasteiger partial charge in [-0.15, -0.1) is 0 Å². The maximum atomic E-state index is 12.5. The number of carbonyl (C=O) groups is 4. The summed E-state index contributed by atoms with van der Waals surface area (Å²) >= 11 is 0. The summed E-state index contributed by atoms with van der Waals surface area (Å²) in [6.07, 6.45) is 1.70. The van der Waals surface area contributed by atoms with E-state index in [0.29, 0.717) is 32.4 Å². The van der Waals surface area contributed by atoms with Crippen LogP contribution < -0.4 is 0 Å². The summed E-state index contributed by atoms with van der Waals surface area (Å²) in [4.78, 5) is 55.1. The normalized spacial score (nSPS) is 16.4. The Bertz CT molecular complexity index is 771. The van der Waals surface area contributed by atoms with Crippen molar-refractivity contribution in [3.63, 3.8) is 0 Å². The molecule has 0 radical (unpaired) electrons. The van der Waals surface area contributed by atoms with Crippen LogP contribution >= 0.6 is 0 Å². The van der Waals surface area contributed by atoms with Crippen LogP contribution in [0.15, 0.2) is 24.4 Å². The van der Waals surface area contributed by atoms with Crippen LogP contribution in [0.3, 0.4) is 0 Å². The molecule has 0 N–H and O–H groups in total. The van der Waals surface area contributed by atoms with Gasteiger partial charge in [0.15, 0.2) is 6.61 Å². The van der Waals surface area contributed by atoms with E-state index < -0.39 is 42.9 Å². The summed E-state index contributed by atoms with van der Waals surface area (Å²) in [5, 5.41) is 0. The molecule has 2 heterocycles. The molecule has 0 bridgehead atoms. The SMILES string of the molecule is CCC(=O)OCC(=O)N1CCC[C@@H]1C(=O)OC(C)OC(=O)N(C)CCc1ccccn1. The fourth-order valence-electron chi connectivity index (χ4n) is 3.06. The zero-order valence-electron chi connectivity index (χ0n) is 18.1. The van der Waals surface area contributed by atoms with Crippen molar-refractivity contribution in [2.24, 2.45) is 0 Å². The molecule has 0 saturated carbocycles. The fourth-order valence-corrected chi connectivity index (χ4v) is 3.06. The topological polar surface area (TPSA) is 115 Å². The molecule has 1 aliphatic heterocycles. The predicted molar refractivity (Wildman–Crippen MR) is 109 cm³/mol. The maximum absolute atomic E-state index is 12.5. The van der Waals surface area contributed by atoms with Gasteiger partial charge in [0, 0.05) is 51.8 Å². The minimum absolute atomic E-state index is 0.165. The average Bonchev–Trinajstić information content (AvgIpc) is 3.26. The van der Waals surface area contributed by atoms with Gasteiger partial charge in [-0.2, -0.15) is 0 Å². The molecule has 1 fully saturated rings. The van der Waals surface area contributed by atoms with Gasteiger partial charge in [0.2, 0.25) is 6.29 Å². The van der Waals surface area contributed by atoms with Gasteiger partial charge in [-0.05, 0) is 25.0 Å². The Morgan fingerprint density at radius 1 is 1.26 bits per heavy atom. The Kier molecular flexibility index (Phi) is 9.23. The maximum Gasteiger partial charge on any atom is 0.412 e. The Morgan fingerprint density at radius 2 is 2.03 bits per heavy atom. The first-order valence-corrected chi connectivity index (χ1v) is 10.3. The molecule has 10 heteroatoms. The standard InChI is InChI=1S/C21H29N3O7/c1-4-19(26)29-14-18(25)24-12-7-9-17(24)20(27)30-15(2)31-21(28)23(3)13-10-16-8-5-6-11-22-16/h5-6,8,11,15,17H,4,7,9-10,12-14H2,1-3H3/t15?,17-/m1/s1. The number of nitrogens with zero attached hydrogens (tertiary/aromatic N) is 3. The van der Waals surface area contributed by atoms with Crippen LogP contribution in [0.1, 0.15) is 38.8 Å². The molecule has 1 aromatic rings. The lowest BCUT2D eigenvalue weighted by Crippen LogP contribution is -2.44. The van der Waals surface area contributed by atoms with Crippen LogP contribution in [0.25, 0.3) is 0 Å². The van der Waals surface area contributed by atoms with Crippen LogP contribution in [0.5, 0.6) is 0 Å². The zero-order chi connectivity index (χ0) is 22.8. The zero-order valence-corrected chi connectivity index (χ0v) is 18.1. The van der Waals surface area contributed by atoms with E-state index in [1.54, 1.807) is 20.2 Å². The number of likely N-dealkylation sites (tertiary alicyclic amines) is 1. The summed E-state index contributed by atoms with van der Waals surface area (Å²) < 4.78 is 15.2. The molecule has 10 nitrogen and oxygen atoms in total. The van der Waals surface area contributed by atoms with Gasteiger partial charge in [0.1, 0.15) is 6.04 Å². The van der Waals surface area contributed by atoms with Gasteiger partial charge in [0.25, 0.3) is 5.91 Å². The molecule has 170 valence electrons. The second kappa shape index (κ2) is 11.9. The van der Waals surface area contributed by atoms with E-state index >= 15 is 0 Å². The van der Waals surface area contributed by atoms with Crippen LogP contribution in [-0.2, 0) is 35.0 Å². The summed E-state index contributed by atoms with van der Waals surface area (Å²) in [5.41, 5.74) is 0.845. The van der Waals surface area contributed by atoms with Gasteiger partial charge < -0.3 is 24.0 Å². The number of carbonyl (C=O) groups excluding carboxylic acids is 4. The molecule has 0 spiro atoms. The lowest BCUT2D eigenvalue weighted by Gasteiger charge is -2.25. The van der Waals surface area contributed by atoms with Crippen LogP contribution in [0.4, 0.5) is 4.79 Å². The number of likely N-dealkylation sites (N-methyl/N-ethyl adjacent to an activating group) is 1. The van der Waals surface area contributed by atoms with Crippen molar-refractivity contribution < 1.29 is 33.4 Å². The van der Waals surface area contributed by atoms with Crippen molar-refractivity contribution in [2.75, 3.05) is 26.7 Å². The van der Waals surface area contributed by atoms with Crippen molar-refractivity contribution >= 4 is 23.9 Å². The number of pyridine rings is 1. The highest BCUT2D eigenvalue weighted by Gasteiger charge is 2.36. The quantitative estimate of drug-likeness (QED) is 0.424. The molecule has 1 unspecified atom stereocenters. The highest BCUT2D eigenvalue weighted by molar-refractivity contribution is 5.87. The Morgan fingerprint density at radius 3 is 2.71 bits per heavy atom. The highest BCUT2D eigenvalue weighted by atomic mass is 16.7. The third kappa shape index (κ3) is 7.54. The second-order valence-corrected chi connectivity index (χ2v) is 7.14. The van der Waals surface area contributed by atoms with E-state index in [4.69, 9.17) is 14.2 Å². The van der Waals surface area contributed by atoms with Crippen molar-refractivity contribution in [3.05, 3.63) is 30.1 Å². The lowest BCUT2D eigenvalue weighted by atomic mass is 10.2. The van der Waals surface area contributed by atoms with Gasteiger partial charge in [-0.3, -0.25) is 14.6 Å². The number of rotatable bonds is 9. The number of aromatic nitrogens is 1. The first kappa shape index (κ1) is 24.1. The summed E-state index contributed by atoms with van der Waals surface area (Å²) in [6.45, 7) is 3.40. The van der Waals surface area contributed by atoms with Gasteiger partial charge in [-0.1, -0.05) is 13.0 Å². The van der Waals surface area contributed by atoms with E-state index in [1.807, 2.05) is 18.2 Å². The van der Waals surface area contributed by atoms with Crippen molar-refractivity contribution in [3.8, 4) is 0 Å². The van der Waals surface area contributed by atoms with E-state index in [9.17, 15) is 19.2 Å². The van der Waals surface area contributed by atoms with Gasteiger partial charge in [-0.25, -0.2) is 9.59 Å². The third-order valence-corrected chi connectivity index (χ3v) is 4.78. The van der Waals surface area contributed by atoms with Crippen LogP contribution in [0.2, 0.25) is 0 Å². The molecule has 1 saturated heterocycles. The smallest absolute Gasteiger partial charge is 0.412 e. The number of amides is 2. The third-order valence-electron chi connectivity index (χ3n) is 4.78. The lowest BCUT2D eigenvalue weighted by molar-refractivity contribution is -0.173. The number of ether oxygens (including phenoxy) is 3. The van der Waals surface area contributed by atoms with Gasteiger partial charge in [0.05, 0.1) is 0 Å². The number of esters is 2. The minimum Gasteiger partial charge on any atom is -0.456 e. The average molecular weight is 435 g/mol. The van der Waals surface area contributed by atoms with E-state index in [1.165, 1.54) is 16.7 Å². The molecule has 1 aliphatic rings. The molecule has 31 heavy (non-hydrogen) atoms. The molecule has 2 rings (SSSR count). The van der Waals surface area contributed by atoms with Crippen molar-refractivity contribution in [1.29, 1.82) is 0 Å². The molecular formula is C21H29N3O7.